The van der Waals surface area contributed by atoms with Crippen molar-refractivity contribution in [2.24, 2.45) is 0 Å². The average Bonchev–Trinajstić information content (AvgIpc) is 3.01. The van der Waals surface area contributed by atoms with Crippen molar-refractivity contribution in [3.05, 3.63) is 54.0 Å². The Hall–Kier alpha value is -2.23. The largest absolute Gasteiger partial charge is 0.497 e. The van der Waals surface area contributed by atoms with Gasteiger partial charge in [-0.15, -0.1) is 0 Å². The van der Waals surface area contributed by atoms with Gasteiger partial charge in [-0.25, -0.2) is 0 Å². The SMILES string of the molecule is COc1ccc(C(C)CCNC(=O)c2ccco2)cc1. The summed E-state index contributed by atoms with van der Waals surface area (Å²) in [6.07, 6.45) is 2.37. The van der Waals surface area contributed by atoms with E-state index in [9.17, 15) is 4.79 Å². The van der Waals surface area contributed by atoms with Gasteiger partial charge in [0.05, 0.1) is 13.4 Å². The molecule has 4 nitrogen and oxygen atoms in total. The van der Waals surface area contributed by atoms with Gasteiger partial charge >= 0.3 is 0 Å². The Morgan fingerprint density at radius 1 is 1.30 bits per heavy atom. The number of carbonyl (C=O) groups is 1. The maximum Gasteiger partial charge on any atom is 0.286 e. The van der Waals surface area contributed by atoms with Crippen LogP contribution in [0.4, 0.5) is 0 Å². The summed E-state index contributed by atoms with van der Waals surface area (Å²) in [5.41, 5.74) is 1.23. The van der Waals surface area contributed by atoms with Crippen molar-refractivity contribution in [3.63, 3.8) is 0 Å². The number of amides is 1. The minimum absolute atomic E-state index is 0.170. The summed E-state index contributed by atoms with van der Waals surface area (Å²) in [4.78, 5) is 11.7. The Morgan fingerprint density at radius 2 is 2.05 bits per heavy atom. The lowest BCUT2D eigenvalue weighted by Gasteiger charge is -2.12. The lowest BCUT2D eigenvalue weighted by Crippen LogP contribution is -2.24. The van der Waals surface area contributed by atoms with E-state index in [0.29, 0.717) is 18.2 Å². The zero-order valence-electron chi connectivity index (χ0n) is 11.8. The molecular weight excluding hydrogens is 254 g/mol. The van der Waals surface area contributed by atoms with Crippen molar-refractivity contribution in [3.8, 4) is 5.75 Å². The lowest BCUT2D eigenvalue weighted by atomic mass is 9.98. The van der Waals surface area contributed by atoms with E-state index in [2.05, 4.69) is 24.4 Å². The van der Waals surface area contributed by atoms with Crippen LogP contribution in [0.2, 0.25) is 0 Å². The molecule has 1 unspecified atom stereocenters. The van der Waals surface area contributed by atoms with Crippen LogP contribution < -0.4 is 10.1 Å². The molecule has 106 valence electrons. The molecule has 1 amide bonds. The highest BCUT2D eigenvalue weighted by Crippen LogP contribution is 2.21. The predicted octanol–water partition coefficient (Wildman–Crippen LogP) is 3.21. The summed E-state index contributed by atoms with van der Waals surface area (Å²) in [5, 5.41) is 2.85. The number of ether oxygens (including phenoxy) is 1. The standard InChI is InChI=1S/C16H19NO3/c1-12(13-5-7-14(19-2)8-6-13)9-10-17-16(18)15-4-3-11-20-15/h3-8,11-12H,9-10H2,1-2H3,(H,17,18). The third-order valence-electron chi connectivity index (χ3n) is 3.29. The zero-order valence-corrected chi connectivity index (χ0v) is 11.8. The van der Waals surface area contributed by atoms with Gasteiger partial charge in [-0.3, -0.25) is 4.79 Å². The molecular formula is C16H19NO3. The third kappa shape index (κ3) is 3.63. The summed E-state index contributed by atoms with van der Waals surface area (Å²) in [6.45, 7) is 2.76. The number of rotatable bonds is 6. The highest BCUT2D eigenvalue weighted by molar-refractivity contribution is 5.91. The molecule has 4 heteroatoms. The fourth-order valence-corrected chi connectivity index (χ4v) is 2.00. The van der Waals surface area contributed by atoms with E-state index in [-0.39, 0.29) is 5.91 Å². The first-order valence-corrected chi connectivity index (χ1v) is 6.66. The van der Waals surface area contributed by atoms with Crippen molar-refractivity contribution in [2.75, 3.05) is 13.7 Å². The molecule has 0 saturated carbocycles. The molecule has 0 saturated heterocycles. The maximum atomic E-state index is 11.7. The van der Waals surface area contributed by atoms with Gasteiger partial charge < -0.3 is 14.5 Å². The average molecular weight is 273 g/mol. The second-order valence-corrected chi connectivity index (χ2v) is 4.70. The number of nitrogens with one attached hydrogen (secondary N) is 1. The minimum atomic E-state index is -0.170. The summed E-state index contributed by atoms with van der Waals surface area (Å²) in [7, 11) is 1.66. The van der Waals surface area contributed by atoms with Crippen LogP contribution in [0.1, 0.15) is 35.4 Å². The van der Waals surface area contributed by atoms with E-state index in [0.717, 1.165) is 12.2 Å². The first kappa shape index (κ1) is 14.2. The maximum absolute atomic E-state index is 11.7. The molecule has 0 aliphatic carbocycles. The van der Waals surface area contributed by atoms with Gasteiger partial charge in [0.15, 0.2) is 5.76 Å². The number of benzene rings is 1. The van der Waals surface area contributed by atoms with Crippen LogP contribution in [-0.4, -0.2) is 19.6 Å². The van der Waals surface area contributed by atoms with Gasteiger partial charge in [0.1, 0.15) is 5.75 Å². The van der Waals surface area contributed by atoms with Crippen molar-refractivity contribution < 1.29 is 13.9 Å². The smallest absolute Gasteiger partial charge is 0.286 e. The first-order chi connectivity index (χ1) is 9.70. The monoisotopic (exact) mass is 273 g/mol. The molecule has 1 aromatic carbocycles. The van der Waals surface area contributed by atoms with Crippen LogP contribution >= 0.6 is 0 Å². The molecule has 1 aromatic heterocycles. The van der Waals surface area contributed by atoms with Gasteiger partial charge in [-0.2, -0.15) is 0 Å². The van der Waals surface area contributed by atoms with Crippen molar-refractivity contribution in [1.82, 2.24) is 5.32 Å². The third-order valence-corrected chi connectivity index (χ3v) is 3.29. The molecule has 0 radical (unpaired) electrons. The molecule has 1 N–H and O–H groups in total. The van der Waals surface area contributed by atoms with Gasteiger partial charge in [-0.1, -0.05) is 19.1 Å². The second-order valence-electron chi connectivity index (χ2n) is 4.70. The van der Waals surface area contributed by atoms with Crippen LogP contribution in [0, 0.1) is 0 Å². The highest BCUT2D eigenvalue weighted by Gasteiger charge is 2.09. The van der Waals surface area contributed by atoms with Crippen molar-refractivity contribution >= 4 is 5.91 Å². The highest BCUT2D eigenvalue weighted by atomic mass is 16.5. The fourth-order valence-electron chi connectivity index (χ4n) is 2.00. The molecule has 0 aliphatic rings. The fraction of sp³-hybridized carbons (Fsp3) is 0.312. The van der Waals surface area contributed by atoms with E-state index in [1.807, 2.05) is 12.1 Å². The number of methoxy groups -OCH3 is 1. The zero-order chi connectivity index (χ0) is 14.4. The minimum Gasteiger partial charge on any atom is -0.497 e. The van der Waals surface area contributed by atoms with Crippen LogP contribution in [0.3, 0.4) is 0 Å². The molecule has 0 aliphatic heterocycles. The molecule has 1 heterocycles. The topological polar surface area (TPSA) is 51.5 Å². The Balaban J connectivity index is 1.79. The van der Waals surface area contributed by atoms with E-state index in [1.54, 1.807) is 19.2 Å². The van der Waals surface area contributed by atoms with Gasteiger partial charge in [0.2, 0.25) is 0 Å². The molecule has 2 rings (SSSR count). The Bertz CT molecular complexity index is 531. The van der Waals surface area contributed by atoms with Gasteiger partial charge in [0.25, 0.3) is 5.91 Å². The first-order valence-electron chi connectivity index (χ1n) is 6.66. The van der Waals surface area contributed by atoms with E-state index in [1.165, 1.54) is 11.8 Å². The van der Waals surface area contributed by atoms with Gasteiger partial charge in [0, 0.05) is 6.54 Å². The normalized spacial score (nSPS) is 11.9. The Labute approximate surface area is 118 Å². The molecule has 0 bridgehead atoms. The van der Waals surface area contributed by atoms with Crippen LogP contribution in [0.15, 0.2) is 47.1 Å². The van der Waals surface area contributed by atoms with Crippen LogP contribution in [0.5, 0.6) is 5.75 Å². The lowest BCUT2D eigenvalue weighted by molar-refractivity contribution is 0.0925. The summed E-state index contributed by atoms with van der Waals surface area (Å²) in [5.74, 6) is 1.41. The molecule has 0 fully saturated rings. The van der Waals surface area contributed by atoms with Gasteiger partial charge in [-0.05, 0) is 42.2 Å². The van der Waals surface area contributed by atoms with Crippen molar-refractivity contribution in [1.29, 1.82) is 0 Å². The number of carbonyl (C=O) groups excluding carboxylic acids is 1. The molecule has 0 spiro atoms. The van der Waals surface area contributed by atoms with E-state index in [4.69, 9.17) is 9.15 Å². The van der Waals surface area contributed by atoms with E-state index < -0.39 is 0 Å². The molecule has 1 atom stereocenters. The quantitative estimate of drug-likeness (QED) is 0.879. The second kappa shape index (κ2) is 6.80. The Kier molecular flexibility index (Phi) is 4.82. The summed E-state index contributed by atoms with van der Waals surface area (Å²) >= 11 is 0. The molecule has 20 heavy (non-hydrogen) atoms. The van der Waals surface area contributed by atoms with Crippen LogP contribution in [0.25, 0.3) is 0 Å². The predicted molar refractivity (Wildman–Crippen MR) is 77.1 cm³/mol. The van der Waals surface area contributed by atoms with E-state index >= 15 is 0 Å². The summed E-state index contributed by atoms with van der Waals surface area (Å²) < 4.78 is 10.2. The number of furan rings is 1. The molecule has 2 aromatic rings. The van der Waals surface area contributed by atoms with Crippen LogP contribution in [-0.2, 0) is 0 Å². The number of hydrogen-bond acceptors (Lipinski definition) is 3. The number of hydrogen-bond donors (Lipinski definition) is 1. The summed E-state index contributed by atoms with van der Waals surface area (Å²) in [6, 6.07) is 11.4. The Morgan fingerprint density at radius 3 is 2.65 bits per heavy atom. The van der Waals surface area contributed by atoms with Crippen molar-refractivity contribution in [2.45, 2.75) is 19.3 Å².